The van der Waals surface area contributed by atoms with Crippen LogP contribution in [0, 0.1) is 0 Å². The van der Waals surface area contributed by atoms with Crippen molar-refractivity contribution >= 4 is 19.7 Å². The van der Waals surface area contributed by atoms with Crippen LogP contribution in [0.4, 0.5) is 0 Å². The second-order valence-electron chi connectivity index (χ2n) is 3.42. The summed E-state index contributed by atoms with van der Waals surface area (Å²) < 4.78 is 26.7. The van der Waals surface area contributed by atoms with Crippen molar-refractivity contribution in [2.75, 3.05) is 13.2 Å². The van der Waals surface area contributed by atoms with Crippen molar-refractivity contribution < 1.29 is 13.2 Å². The van der Waals surface area contributed by atoms with Gasteiger partial charge >= 0.3 is 0 Å². The molecule has 0 saturated heterocycles. The van der Waals surface area contributed by atoms with Crippen molar-refractivity contribution in [2.24, 2.45) is 0 Å². The van der Waals surface area contributed by atoms with Crippen LogP contribution in [-0.2, 0) is 13.8 Å². The maximum Gasteiger partial charge on any atom is 0.238 e. The summed E-state index contributed by atoms with van der Waals surface area (Å²) in [5, 5.41) is 0. The molecule has 1 rings (SSSR count). The molecular weight excluding hydrogens is 212 g/mol. The minimum atomic E-state index is -3.36. The Morgan fingerprint density at radius 2 is 2.08 bits per heavy atom. The van der Waals surface area contributed by atoms with Gasteiger partial charge in [-0.2, -0.15) is 0 Å². The van der Waals surface area contributed by atoms with E-state index in [-0.39, 0.29) is 0 Å². The molecule has 0 aromatic heterocycles. The highest BCUT2D eigenvalue weighted by molar-refractivity contribution is 8.15. The average molecular weight is 227 g/mol. The first-order valence-corrected chi connectivity index (χ1v) is 6.85. The number of hydrogen-bond donors (Lipinski definition) is 0. The Labute approximate surface area is 83.8 Å². The molecule has 3 nitrogen and oxygen atoms in total. The smallest absolute Gasteiger partial charge is 0.238 e. The molecular formula is C8H15ClO3S. The molecule has 0 spiro atoms. The molecule has 0 heterocycles. The molecule has 1 aliphatic carbocycles. The van der Waals surface area contributed by atoms with Crippen LogP contribution in [0.1, 0.15) is 32.6 Å². The molecule has 0 aromatic carbocycles. The number of hydrogen-bond acceptors (Lipinski definition) is 3. The van der Waals surface area contributed by atoms with Gasteiger partial charge in [0.2, 0.25) is 9.05 Å². The Kier molecular flexibility index (Phi) is 3.60. The van der Waals surface area contributed by atoms with E-state index < -0.39 is 13.8 Å². The molecule has 5 heteroatoms. The van der Waals surface area contributed by atoms with Crippen LogP contribution in [0.3, 0.4) is 0 Å². The average Bonchev–Trinajstić information content (AvgIpc) is 2.77. The molecule has 0 atom stereocenters. The maximum atomic E-state index is 11.1. The molecule has 78 valence electrons. The fourth-order valence-corrected chi connectivity index (χ4v) is 3.07. The first-order chi connectivity index (χ1) is 6.02. The van der Waals surface area contributed by atoms with Crippen molar-refractivity contribution in [1.29, 1.82) is 0 Å². The fourth-order valence-electron chi connectivity index (χ4n) is 1.40. The van der Waals surface area contributed by atoms with Gasteiger partial charge in [0.15, 0.2) is 0 Å². The monoisotopic (exact) mass is 226 g/mol. The third-order valence-electron chi connectivity index (χ3n) is 2.45. The summed E-state index contributed by atoms with van der Waals surface area (Å²) in [6.45, 7) is 3.23. The summed E-state index contributed by atoms with van der Waals surface area (Å²) >= 11 is 0. The highest BCUT2D eigenvalue weighted by Gasteiger charge is 2.52. The Hall–Kier alpha value is 0.200. The highest BCUT2D eigenvalue weighted by atomic mass is 35.7. The van der Waals surface area contributed by atoms with E-state index in [1.807, 2.05) is 6.92 Å². The van der Waals surface area contributed by atoms with E-state index in [4.69, 9.17) is 15.4 Å². The second-order valence-corrected chi connectivity index (χ2v) is 6.38. The van der Waals surface area contributed by atoms with Crippen molar-refractivity contribution in [3.63, 3.8) is 0 Å². The van der Waals surface area contributed by atoms with E-state index in [1.54, 1.807) is 0 Å². The van der Waals surface area contributed by atoms with E-state index in [0.717, 1.165) is 6.42 Å². The van der Waals surface area contributed by atoms with Crippen molar-refractivity contribution in [3.05, 3.63) is 0 Å². The largest absolute Gasteiger partial charge is 0.382 e. The lowest BCUT2D eigenvalue weighted by Gasteiger charge is -2.10. The third kappa shape index (κ3) is 2.82. The predicted octanol–water partition coefficient (Wildman–Crippen LogP) is 1.90. The summed E-state index contributed by atoms with van der Waals surface area (Å²) in [6, 6.07) is 0. The zero-order chi connectivity index (χ0) is 9.95. The van der Waals surface area contributed by atoms with Crippen LogP contribution in [0.5, 0.6) is 0 Å². The molecule has 0 unspecified atom stereocenters. The number of halogens is 1. The van der Waals surface area contributed by atoms with Crippen LogP contribution in [0.2, 0.25) is 0 Å². The molecule has 0 aliphatic heterocycles. The molecule has 13 heavy (non-hydrogen) atoms. The highest BCUT2D eigenvalue weighted by Crippen LogP contribution is 2.49. The van der Waals surface area contributed by atoms with Crippen LogP contribution in [0.15, 0.2) is 0 Å². The Morgan fingerprint density at radius 1 is 1.46 bits per heavy atom. The van der Waals surface area contributed by atoms with Crippen molar-refractivity contribution in [3.8, 4) is 0 Å². The van der Waals surface area contributed by atoms with E-state index in [2.05, 4.69) is 0 Å². The number of ether oxygens (including phenoxy) is 1. The van der Waals surface area contributed by atoms with Crippen LogP contribution >= 0.6 is 10.7 Å². The molecule has 0 radical (unpaired) electrons. The summed E-state index contributed by atoms with van der Waals surface area (Å²) in [6.07, 6.45) is 2.84. The van der Waals surface area contributed by atoms with E-state index in [0.29, 0.717) is 32.5 Å². The molecule has 1 saturated carbocycles. The molecule has 1 fully saturated rings. The van der Waals surface area contributed by atoms with E-state index in [9.17, 15) is 8.42 Å². The van der Waals surface area contributed by atoms with Crippen molar-refractivity contribution in [2.45, 2.75) is 37.4 Å². The van der Waals surface area contributed by atoms with Gasteiger partial charge in [0.05, 0.1) is 4.75 Å². The van der Waals surface area contributed by atoms with Gasteiger partial charge in [-0.3, -0.25) is 0 Å². The van der Waals surface area contributed by atoms with Crippen LogP contribution in [0.25, 0.3) is 0 Å². The van der Waals surface area contributed by atoms with Crippen LogP contribution < -0.4 is 0 Å². The van der Waals surface area contributed by atoms with Gasteiger partial charge in [-0.1, -0.05) is 0 Å². The van der Waals surface area contributed by atoms with E-state index in [1.165, 1.54) is 0 Å². The summed E-state index contributed by atoms with van der Waals surface area (Å²) in [4.78, 5) is 0. The molecule has 0 N–H and O–H groups in total. The van der Waals surface area contributed by atoms with E-state index >= 15 is 0 Å². The lowest BCUT2D eigenvalue weighted by Crippen LogP contribution is -2.18. The molecule has 0 amide bonds. The van der Waals surface area contributed by atoms with Gasteiger partial charge in [0.25, 0.3) is 0 Å². The molecule has 0 bridgehead atoms. The maximum absolute atomic E-state index is 11.1. The van der Waals surface area contributed by atoms with Crippen LogP contribution in [-0.4, -0.2) is 26.4 Å². The predicted molar refractivity (Wildman–Crippen MR) is 52.5 cm³/mol. The Bertz CT molecular complexity index is 257. The normalized spacial score (nSPS) is 20.2. The SMILES string of the molecule is CCOCCCC1(S(=O)(=O)Cl)CC1. The summed E-state index contributed by atoms with van der Waals surface area (Å²) in [7, 11) is 1.97. The minimum Gasteiger partial charge on any atom is -0.382 e. The van der Waals surface area contributed by atoms with Gasteiger partial charge in [-0.25, -0.2) is 8.42 Å². The first kappa shape index (κ1) is 11.3. The lowest BCUT2D eigenvalue weighted by atomic mass is 10.2. The number of rotatable bonds is 6. The van der Waals surface area contributed by atoms with Crippen molar-refractivity contribution in [1.82, 2.24) is 0 Å². The Morgan fingerprint density at radius 3 is 2.46 bits per heavy atom. The first-order valence-electron chi connectivity index (χ1n) is 4.54. The quantitative estimate of drug-likeness (QED) is 0.513. The molecule has 0 aromatic rings. The standard InChI is InChI=1S/C8H15ClO3S/c1-2-12-7-3-4-8(5-6-8)13(9,10)11/h2-7H2,1H3. The van der Waals surface area contributed by atoms with Gasteiger partial charge < -0.3 is 4.74 Å². The van der Waals surface area contributed by atoms with Gasteiger partial charge in [-0.05, 0) is 32.6 Å². The topological polar surface area (TPSA) is 43.4 Å². The zero-order valence-electron chi connectivity index (χ0n) is 7.75. The Balaban J connectivity index is 2.29. The molecule has 1 aliphatic rings. The second kappa shape index (κ2) is 4.15. The lowest BCUT2D eigenvalue weighted by molar-refractivity contribution is 0.143. The summed E-state index contributed by atoms with van der Waals surface area (Å²) in [5.74, 6) is 0. The summed E-state index contributed by atoms with van der Waals surface area (Å²) in [5.41, 5.74) is 0. The minimum absolute atomic E-state index is 0.605. The van der Waals surface area contributed by atoms with Gasteiger partial charge in [0.1, 0.15) is 0 Å². The zero-order valence-corrected chi connectivity index (χ0v) is 9.33. The van der Waals surface area contributed by atoms with Gasteiger partial charge in [0, 0.05) is 23.9 Å². The third-order valence-corrected chi connectivity index (χ3v) is 5.08. The van der Waals surface area contributed by atoms with Gasteiger partial charge in [-0.15, -0.1) is 0 Å². The fraction of sp³-hybridized carbons (Fsp3) is 1.00.